The number of nitrogens with zero attached hydrogens (tertiary/aromatic N) is 1. The first-order valence-electron chi connectivity index (χ1n) is 7.31. The highest BCUT2D eigenvalue weighted by molar-refractivity contribution is 5.85. The van der Waals surface area contributed by atoms with Gasteiger partial charge in [-0.15, -0.1) is 0 Å². The van der Waals surface area contributed by atoms with Gasteiger partial charge in [0.25, 0.3) is 0 Å². The summed E-state index contributed by atoms with van der Waals surface area (Å²) in [6.07, 6.45) is 1.09. The Balaban J connectivity index is 1.85. The monoisotopic (exact) mass is 290 g/mol. The first-order chi connectivity index (χ1) is 10.1. The predicted octanol–water partition coefficient (Wildman–Crippen LogP) is 1.42. The number of carbonyl (C=O) groups is 2. The van der Waals surface area contributed by atoms with E-state index < -0.39 is 0 Å². The number of rotatable bonds is 4. The second-order valence-corrected chi connectivity index (χ2v) is 5.34. The molecule has 114 valence electrons. The number of hydrogen-bond donors (Lipinski definition) is 1. The fourth-order valence-corrected chi connectivity index (χ4v) is 2.44. The minimum atomic E-state index is -0.0866. The second kappa shape index (κ2) is 7.11. The molecule has 1 aliphatic rings. The van der Waals surface area contributed by atoms with Crippen molar-refractivity contribution < 1.29 is 14.3 Å². The van der Waals surface area contributed by atoms with Gasteiger partial charge >= 0.3 is 0 Å². The molecule has 5 nitrogen and oxygen atoms in total. The maximum atomic E-state index is 12.1. The fraction of sp³-hybridized carbons (Fsp3) is 0.500. The van der Waals surface area contributed by atoms with E-state index in [2.05, 4.69) is 5.32 Å². The van der Waals surface area contributed by atoms with Crippen LogP contribution in [0.15, 0.2) is 18.2 Å². The molecular formula is C16H22N2O3. The number of hydrogen-bond acceptors (Lipinski definition) is 3. The lowest BCUT2D eigenvalue weighted by molar-refractivity contribution is -0.135. The van der Waals surface area contributed by atoms with Gasteiger partial charge in [-0.3, -0.25) is 9.59 Å². The summed E-state index contributed by atoms with van der Waals surface area (Å²) >= 11 is 0. The Hall–Kier alpha value is -2.04. The lowest BCUT2D eigenvalue weighted by atomic mass is 10.1. The van der Waals surface area contributed by atoms with Crippen LogP contribution in [0, 0.1) is 13.8 Å². The van der Waals surface area contributed by atoms with E-state index in [0.717, 1.165) is 23.3 Å². The van der Waals surface area contributed by atoms with Gasteiger partial charge in [0.1, 0.15) is 5.75 Å². The molecule has 0 radical (unpaired) electrons. The molecule has 0 bridgehead atoms. The van der Waals surface area contributed by atoms with Gasteiger partial charge in [0.05, 0.1) is 19.6 Å². The number of para-hydroxylation sites is 1. The number of ether oxygens (including phenoxy) is 1. The van der Waals surface area contributed by atoms with Crippen molar-refractivity contribution in [1.82, 2.24) is 10.2 Å². The smallest absolute Gasteiger partial charge is 0.239 e. The molecule has 2 amide bonds. The van der Waals surface area contributed by atoms with Crippen LogP contribution in [0.3, 0.4) is 0 Å². The van der Waals surface area contributed by atoms with Crippen LogP contribution in [0.5, 0.6) is 5.75 Å². The second-order valence-electron chi connectivity index (χ2n) is 5.34. The van der Waals surface area contributed by atoms with Crippen LogP contribution in [0.1, 0.15) is 24.0 Å². The SMILES string of the molecule is Cc1cccc(C)c1OCCC(=O)N1CCCNC(=O)C1. The first kappa shape index (κ1) is 15.4. The molecular weight excluding hydrogens is 268 g/mol. The maximum absolute atomic E-state index is 12.1. The highest BCUT2D eigenvalue weighted by Crippen LogP contribution is 2.22. The molecule has 0 unspecified atom stereocenters. The maximum Gasteiger partial charge on any atom is 0.239 e. The van der Waals surface area contributed by atoms with Gasteiger partial charge in [0, 0.05) is 13.1 Å². The zero-order valence-electron chi connectivity index (χ0n) is 12.6. The Labute approximate surface area is 125 Å². The van der Waals surface area contributed by atoms with Crippen molar-refractivity contribution in [2.24, 2.45) is 0 Å². The van der Waals surface area contributed by atoms with E-state index in [1.54, 1.807) is 4.90 Å². The highest BCUT2D eigenvalue weighted by Gasteiger charge is 2.19. The zero-order chi connectivity index (χ0) is 15.2. The number of carbonyl (C=O) groups excluding carboxylic acids is 2. The fourth-order valence-electron chi connectivity index (χ4n) is 2.44. The van der Waals surface area contributed by atoms with Gasteiger partial charge in [-0.25, -0.2) is 0 Å². The molecule has 0 saturated carbocycles. The van der Waals surface area contributed by atoms with E-state index in [1.807, 2.05) is 32.0 Å². The first-order valence-corrected chi connectivity index (χ1v) is 7.31. The topological polar surface area (TPSA) is 58.6 Å². The van der Waals surface area contributed by atoms with Crippen LogP contribution in [-0.2, 0) is 9.59 Å². The Kier molecular flexibility index (Phi) is 5.20. The quantitative estimate of drug-likeness (QED) is 0.912. The third-order valence-corrected chi connectivity index (χ3v) is 3.59. The van der Waals surface area contributed by atoms with Crippen LogP contribution in [-0.4, -0.2) is 43.0 Å². The van der Waals surface area contributed by atoms with Crippen LogP contribution in [0.25, 0.3) is 0 Å². The molecule has 0 aromatic heterocycles. The summed E-state index contributed by atoms with van der Waals surface area (Å²) in [5.74, 6) is 0.730. The molecule has 2 rings (SSSR count). The Morgan fingerprint density at radius 1 is 1.33 bits per heavy atom. The summed E-state index contributed by atoms with van der Waals surface area (Å²) in [7, 11) is 0. The Bertz CT molecular complexity index is 508. The molecule has 1 fully saturated rings. The van der Waals surface area contributed by atoms with Crippen molar-refractivity contribution in [3.8, 4) is 5.75 Å². The summed E-state index contributed by atoms with van der Waals surface area (Å²) in [4.78, 5) is 25.2. The highest BCUT2D eigenvalue weighted by atomic mass is 16.5. The van der Waals surface area contributed by atoms with E-state index >= 15 is 0 Å². The van der Waals surface area contributed by atoms with E-state index in [1.165, 1.54) is 0 Å². The lowest BCUT2D eigenvalue weighted by Gasteiger charge is -2.19. The van der Waals surface area contributed by atoms with Crippen molar-refractivity contribution in [2.75, 3.05) is 26.2 Å². The van der Waals surface area contributed by atoms with Gasteiger partial charge in [-0.1, -0.05) is 18.2 Å². The minimum absolute atomic E-state index is 0.0294. The minimum Gasteiger partial charge on any atom is -0.493 e. The average molecular weight is 290 g/mol. The summed E-state index contributed by atoms with van der Waals surface area (Å²) in [6.45, 7) is 5.74. The third kappa shape index (κ3) is 4.21. The molecule has 0 aliphatic carbocycles. The van der Waals surface area contributed by atoms with E-state index in [9.17, 15) is 9.59 Å². The van der Waals surface area contributed by atoms with Crippen LogP contribution in [0.2, 0.25) is 0 Å². The van der Waals surface area contributed by atoms with Gasteiger partial charge in [-0.2, -0.15) is 0 Å². The average Bonchev–Trinajstić information content (AvgIpc) is 2.66. The molecule has 1 saturated heterocycles. The zero-order valence-corrected chi connectivity index (χ0v) is 12.6. The Morgan fingerprint density at radius 3 is 2.76 bits per heavy atom. The van der Waals surface area contributed by atoms with Crippen molar-refractivity contribution in [1.29, 1.82) is 0 Å². The van der Waals surface area contributed by atoms with Crippen molar-refractivity contribution >= 4 is 11.8 Å². The van der Waals surface area contributed by atoms with Gasteiger partial charge in [0.15, 0.2) is 0 Å². The summed E-state index contributed by atoms with van der Waals surface area (Å²) in [5.41, 5.74) is 2.13. The number of aryl methyl sites for hydroxylation is 2. The molecule has 1 aromatic carbocycles. The van der Waals surface area contributed by atoms with Crippen LogP contribution >= 0.6 is 0 Å². The van der Waals surface area contributed by atoms with Gasteiger partial charge in [-0.05, 0) is 31.4 Å². The summed E-state index contributed by atoms with van der Waals surface area (Å²) in [5, 5.41) is 2.76. The number of amides is 2. The molecule has 5 heteroatoms. The largest absolute Gasteiger partial charge is 0.493 e. The van der Waals surface area contributed by atoms with Crippen LogP contribution in [0.4, 0.5) is 0 Å². The van der Waals surface area contributed by atoms with Crippen molar-refractivity contribution in [3.63, 3.8) is 0 Å². The van der Waals surface area contributed by atoms with Crippen molar-refractivity contribution in [3.05, 3.63) is 29.3 Å². The lowest BCUT2D eigenvalue weighted by Crippen LogP contribution is -2.37. The molecule has 1 aromatic rings. The molecule has 0 atom stereocenters. The predicted molar refractivity (Wildman–Crippen MR) is 80.2 cm³/mol. The molecule has 1 aliphatic heterocycles. The van der Waals surface area contributed by atoms with Crippen LogP contribution < -0.4 is 10.1 Å². The summed E-state index contributed by atoms with van der Waals surface area (Å²) < 4.78 is 5.74. The summed E-state index contributed by atoms with van der Waals surface area (Å²) in [6, 6.07) is 5.96. The third-order valence-electron chi connectivity index (χ3n) is 3.59. The molecule has 1 heterocycles. The standard InChI is InChI=1S/C16H22N2O3/c1-12-5-3-6-13(2)16(12)21-10-7-15(20)18-9-4-8-17-14(19)11-18/h3,5-6H,4,7-11H2,1-2H3,(H,17,19). The number of nitrogens with one attached hydrogen (secondary N) is 1. The normalized spacial score (nSPS) is 15.3. The van der Waals surface area contributed by atoms with Gasteiger partial charge in [0.2, 0.25) is 11.8 Å². The van der Waals surface area contributed by atoms with E-state index in [4.69, 9.17) is 4.74 Å². The number of benzene rings is 1. The van der Waals surface area contributed by atoms with E-state index in [-0.39, 0.29) is 18.4 Å². The van der Waals surface area contributed by atoms with Gasteiger partial charge < -0.3 is 15.0 Å². The van der Waals surface area contributed by atoms with E-state index in [0.29, 0.717) is 26.1 Å². The Morgan fingerprint density at radius 2 is 2.05 bits per heavy atom. The van der Waals surface area contributed by atoms with Crippen molar-refractivity contribution in [2.45, 2.75) is 26.7 Å². The molecule has 21 heavy (non-hydrogen) atoms. The molecule has 1 N–H and O–H groups in total. The molecule has 0 spiro atoms.